The number of carbonyl (C=O) groups excluding carboxylic acids is 1. The molecule has 3 aliphatic rings. The largest absolute Gasteiger partial charge is 0.481 e. The molecule has 0 spiro atoms. The third-order valence-corrected chi connectivity index (χ3v) is 4.62. The molecule has 6 nitrogen and oxygen atoms in total. The molecule has 0 aromatic heterocycles. The number of carboxylic acids is 1. The molecule has 6 heteroatoms. The number of methoxy groups -OCH3 is 1. The average Bonchev–Trinajstić information content (AvgIpc) is 2.93. The van der Waals surface area contributed by atoms with E-state index in [2.05, 4.69) is 0 Å². The summed E-state index contributed by atoms with van der Waals surface area (Å²) >= 11 is 0. The molecule has 19 heavy (non-hydrogen) atoms. The molecule has 2 aliphatic carbocycles. The first-order valence-corrected chi connectivity index (χ1v) is 6.52. The molecule has 1 saturated heterocycles. The summed E-state index contributed by atoms with van der Waals surface area (Å²) in [4.78, 5) is 23.4. The Hall–Kier alpha value is -1.14. The smallest absolute Gasteiger partial charge is 0.309 e. The molecule has 0 radical (unpaired) electrons. The van der Waals surface area contributed by atoms with Crippen LogP contribution in [0.3, 0.4) is 0 Å². The zero-order chi connectivity index (χ0) is 13.9. The van der Waals surface area contributed by atoms with Crippen LogP contribution in [0, 0.1) is 23.7 Å². The van der Waals surface area contributed by atoms with Crippen molar-refractivity contribution in [2.45, 2.75) is 38.3 Å². The number of carbonyl (C=O) groups is 2. The van der Waals surface area contributed by atoms with Gasteiger partial charge in [0, 0.05) is 11.8 Å². The summed E-state index contributed by atoms with van der Waals surface area (Å²) in [6.45, 7) is 3.63. The summed E-state index contributed by atoms with van der Waals surface area (Å²) in [5.74, 6) is -3.74. The van der Waals surface area contributed by atoms with E-state index in [0.717, 1.165) is 0 Å². The summed E-state index contributed by atoms with van der Waals surface area (Å²) in [6.07, 6.45) is 0.240. The van der Waals surface area contributed by atoms with E-state index in [4.69, 9.17) is 14.2 Å². The molecular formula is C13H18O6. The highest BCUT2D eigenvalue weighted by Gasteiger charge is 2.67. The minimum atomic E-state index is -0.949. The lowest BCUT2D eigenvalue weighted by Crippen LogP contribution is -2.46. The molecule has 0 unspecified atom stereocenters. The minimum Gasteiger partial charge on any atom is -0.481 e. The second-order valence-corrected chi connectivity index (χ2v) is 6.04. The predicted molar refractivity (Wildman–Crippen MR) is 62.1 cm³/mol. The highest BCUT2D eigenvalue weighted by Crippen LogP contribution is 2.58. The highest BCUT2D eigenvalue weighted by atomic mass is 16.8. The fourth-order valence-electron chi connectivity index (χ4n) is 4.09. The number of esters is 1. The third-order valence-electron chi connectivity index (χ3n) is 4.62. The van der Waals surface area contributed by atoms with Crippen molar-refractivity contribution >= 4 is 11.9 Å². The monoisotopic (exact) mass is 270 g/mol. The normalized spacial score (nSPS) is 46.1. The predicted octanol–water partition coefficient (Wildman–Crippen LogP) is 0.646. The van der Waals surface area contributed by atoms with E-state index in [9.17, 15) is 14.7 Å². The van der Waals surface area contributed by atoms with Gasteiger partial charge < -0.3 is 19.3 Å². The van der Waals surface area contributed by atoms with Gasteiger partial charge in [-0.2, -0.15) is 0 Å². The molecule has 106 valence electrons. The van der Waals surface area contributed by atoms with Gasteiger partial charge in [0.1, 0.15) is 0 Å². The summed E-state index contributed by atoms with van der Waals surface area (Å²) in [5, 5.41) is 9.40. The van der Waals surface area contributed by atoms with Crippen LogP contribution >= 0.6 is 0 Å². The van der Waals surface area contributed by atoms with E-state index in [0.29, 0.717) is 6.42 Å². The lowest BCUT2D eigenvalue weighted by molar-refractivity contribution is -0.162. The first-order chi connectivity index (χ1) is 8.85. The van der Waals surface area contributed by atoms with Gasteiger partial charge in [-0.05, 0) is 20.3 Å². The second kappa shape index (κ2) is 3.93. The van der Waals surface area contributed by atoms with E-state index >= 15 is 0 Å². The van der Waals surface area contributed by atoms with E-state index in [1.807, 2.05) is 13.8 Å². The maximum atomic E-state index is 11.9. The second-order valence-electron chi connectivity index (χ2n) is 6.04. The quantitative estimate of drug-likeness (QED) is 0.742. The van der Waals surface area contributed by atoms with Gasteiger partial charge in [0.2, 0.25) is 0 Å². The Morgan fingerprint density at radius 3 is 2.16 bits per heavy atom. The Morgan fingerprint density at radius 2 is 1.68 bits per heavy atom. The molecule has 1 heterocycles. The van der Waals surface area contributed by atoms with Crippen molar-refractivity contribution in [1.82, 2.24) is 0 Å². The first kappa shape index (κ1) is 12.9. The van der Waals surface area contributed by atoms with Gasteiger partial charge in [0.25, 0.3) is 0 Å². The zero-order valence-corrected chi connectivity index (χ0v) is 11.2. The minimum absolute atomic E-state index is 0.120. The van der Waals surface area contributed by atoms with E-state index < -0.39 is 29.6 Å². The topological polar surface area (TPSA) is 82.1 Å². The maximum absolute atomic E-state index is 11.9. The van der Waals surface area contributed by atoms with Crippen LogP contribution in [-0.4, -0.2) is 42.1 Å². The number of ether oxygens (including phenoxy) is 3. The molecule has 0 amide bonds. The Labute approximate surface area is 111 Å². The number of aliphatic carboxylic acids is 1. The molecule has 2 saturated carbocycles. The standard InChI is InChI=1S/C13H18O6/c1-13(2)18-9-5-4-6(10(9)19-13)8(12(16)17-3)7(5)11(14)15/h5-10H,4H2,1-3H3,(H,14,15)/t5-,6+,7-,8+,9-,10+/m0/s1. The van der Waals surface area contributed by atoms with Crippen LogP contribution in [0.5, 0.6) is 0 Å². The summed E-state index contributed by atoms with van der Waals surface area (Å²) in [6, 6.07) is 0. The number of fused-ring (bicyclic) bond motifs is 5. The van der Waals surface area contributed by atoms with Crippen molar-refractivity contribution < 1.29 is 28.9 Å². The molecule has 0 aromatic rings. The van der Waals surface area contributed by atoms with Crippen molar-refractivity contribution in [1.29, 1.82) is 0 Å². The van der Waals surface area contributed by atoms with Gasteiger partial charge in [0.05, 0.1) is 31.2 Å². The van der Waals surface area contributed by atoms with Crippen LogP contribution in [0.2, 0.25) is 0 Å². The number of hydrogen-bond acceptors (Lipinski definition) is 5. The molecule has 0 aromatic carbocycles. The summed E-state index contributed by atoms with van der Waals surface area (Å²) < 4.78 is 16.4. The number of carboxylic acid groups (broad SMARTS) is 1. The van der Waals surface area contributed by atoms with Crippen LogP contribution in [-0.2, 0) is 23.8 Å². The lowest BCUT2D eigenvalue weighted by atomic mass is 9.76. The summed E-state index contributed by atoms with van der Waals surface area (Å²) in [7, 11) is 1.29. The van der Waals surface area contributed by atoms with Gasteiger partial charge in [-0.1, -0.05) is 0 Å². The van der Waals surface area contributed by atoms with Crippen LogP contribution in [0.25, 0.3) is 0 Å². The first-order valence-electron chi connectivity index (χ1n) is 6.52. The van der Waals surface area contributed by atoms with Crippen LogP contribution in [0.4, 0.5) is 0 Å². The Kier molecular flexibility index (Phi) is 2.66. The molecule has 2 bridgehead atoms. The van der Waals surface area contributed by atoms with Gasteiger partial charge in [0.15, 0.2) is 5.79 Å². The average molecular weight is 270 g/mol. The van der Waals surface area contributed by atoms with Gasteiger partial charge in [-0.3, -0.25) is 9.59 Å². The van der Waals surface area contributed by atoms with Crippen molar-refractivity contribution in [3.8, 4) is 0 Å². The third kappa shape index (κ3) is 1.70. The molecule has 3 rings (SSSR count). The van der Waals surface area contributed by atoms with Crippen LogP contribution in [0.1, 0.15) is 20.3 Å². The van der Waals surface area contributed by atoms with Gasteiger partial charge in [-0.15, -0.1) is 0 Å². The van der Waals surface area contributed by atoms with Gasteiger partial charge >= 0.3 is 11.9 Å². The fraction of sp³-hybridized carbons (Fsp3) is 0.846. The van der Waals surface area contributed by atoms with Crippen molar-refractivity contribution in [3.63, 3.8) is 0 Å². The molecule has 1 N–H and O–H groups in total. The van der Waals surface area contributed by atoms with E-state index in [-0.39, 0.29) is 24.0 Å². The number of hydrogen-bond donors (Lipinski definition) is 1. The van der Waals surface area contributed by atoms with Crippen molar-refractivity contribution in [2.75, 3.05) is 7.11 Å². The van der Waals surface area contributed by atoms with Gasteiger partial charge in [-0.25, -0.2) is 0 Å². The SMILES string of the molecule is COC(=O)[C@@H]1[C@H]2C[C@H]([C@@H]3OC(C)(C)O[C@H]23)[C@@H]1C(=O)O. The van der Waals surface area contributed by atoms with Crippen LogP contribution in [0.15, 0.2) is 0 Å². The lowest BCUT2D eigenvalue weighted by Gasteiger charge is -2.32. The Morgan fingerprint density at radius 1 is 1.16 bits per heavy atom. The molecular weight excluding hydrogens is 252 g/mol. The molecule has 6 atom stereocenters. The highest BCUT2D eigenvalue weighted by molar-refractivity contribution is 5.83. The fourth-order valence-corrected chi connectivity index (χ4v) is 4.09. The van der Waals surface area contributed by atoms with E-state index in [1.54, 1.807) is 0 Å². The van der Waals surface area contributed by atoms with Crippen molar-refractivity contribution in [3.05, 3.63) is 0 Å². The number of rotatable bonds is 2. The van der Waals surface area contributed by atoms with Crippen molar-refractivity contribution in [2.24, 2.45) is 23.7 Å². The van der Waals surface area contributed by atoms with Crippen LogP contribution < -0.4 is 0 Å². The zero-order valence-electron chi connectivity index (χ0n) is 11.2. The Balaban J connectivity index is 1.93. The summed E-state index contributed by atoms with van der Waals surface area (Å²) in [5.41, 5.74) is 0. The van der Waals surface area contributed by atoms with E-state index in [1.165, 1.54) is 7.11 Å². The maximum Gasteiger partial charge on any atom is 0.309 e. The molecule has 3 fully saturated rings. The Bertz CT molecular complexity index is 431. The molecule has 1 aliphatic heterocycles.